The van der Waals surface area contributed by atoms with Gasteiger partial charge in [-0.05, 0) is 30.5 Å². The average Bonchev–Trinajstić information content (AvgIpc) is 2.96. The molecular formula is C19H19F2N3O2. The number of nitrogens with one attached hydrogen (secondary N) is 1. The van der Waals surface area contributed by atoms with Crippen molar-refractivity contribution in [2.75, 3.05) is 11.4 Å². The van der Waals surface area contributed by atoms with Crippen LogP contribution in [0.25, 0.3) is 0 Å². The Bertz CT molecular complexity index is 793. The summed E-state index contributed by atoms with van der Waals surface area (Å²) in [4.78, 5) is 25.8. The number of carbonyl (C=O) groups is 2. The standard InChI is InChI=1S/C19H19F2N3O2/c20-13-7-4-8-14(21)17(13)24-10-9-16(19(24)26)23-18(25)15(22)11-12-5-2-1-3-6-12/h1-8,15-16H,9-11,22H2,(H,23,25)/t15-,16?/m0/s1. The normalized spacial score (nSPS) is 18.0. The number of rotatable bonds is 5. The molecule has 0 saturated carbocycles. The lowest BCUT2D eigenvalue weighted by Crippen LogP contribution is -2.49. The number of hydrogen-bond donors (Lipinski definition) is 2. The van der Waals surface area contributed by atoms with Gasteiger partial charge in [0, 0.05) is 6.54 Å². The fourth-order valence-electron chi connectivity index (χ4n) is 3.02. The maximum atomic E-state index is 13.9. The first-order valence-electron chi connectivity index (χ1n) is 8.32. The van der Waals surface area contributed by atoms with E-state index in [1.54, 1.807) is 0 Å². The maximum absolute atomic E-state index is 13.9. The lowest BCUT2D eigenvalue weighted by molar-refractivity contribution is -0.127. The summed E-state index contributed by atoms with van der Waals surface area (Å²) in [5, 5.41) is 2.59. The smallest absolute Gasteiger partial charge is 0.249 e. The molecule has 0 aromatic heterocycles. The van der Waals surface area contributed by atoms with Gasteiger partial charge in [0.2, 0.25) is 11.8 Å². The quantitative estimate of drug-likeness (QED) is 0.854. The van der Waals surface area contributed by atoms with Crippen LogP contribution >= 0.6 is 0 Å². The molecular weight excluding hydrogens is 340 g/mol. The van der Waals surface area contributed by atoms with E-state index >= 15 is 0 Å². The molecule has 3 N–H and O–H groups in total. The van der Waals surface area contributed by atoms with Gasteiger partial charge in [-0.1, -0.05) is 36.4 Å². The molecule has 0 aliphatic carbocycles. The van der Waals surface area contributed by atoms with Gasteiger partial charge in [-0.2, -0.15) is 0 Å². The molecule has 136 valence electrons. The molecule has 0 spiro atoms. The van der Waals surface area contributed by atoms with Crippen LogP contribution in [0.4, 0.5) is 14.5 Å². The van der Waals surface area contributed by atoms with Crippen LogP contribution in [-0.2, 0) is 16.0 Å². The van der Waals surface area contributed by atoms with Crippen molar-refractivity contribution in [3.05, 3.63) is 65.7 Å². The van der Waals surface area contributed by atoms with Crippen LogP contribution in [0.15, 0.2) is 48.5 Å². The Balaban J connectivity index is 1.64. The number of benzene rings is 2. The highest BCUT2D eigenvalue weighted by Crippen LogP contribution is 2.27. The summed E-state index contributed by atoms with van der Waals surface area (Å²) in [6, 6.07) is 11.0. The third-order valence-electron chi connectivity index (χ3n) is 4.36. The molecule has 2 amide bonds. The van der Waals surface area contributed by atoms with E-state index in [1.165, 1.54) is 6.07 Å². The average molecular weight is 359 g/mol. The number of halogens is 2. The summed E-state index contributed by atoms with van der Waals surface area (Å²) in [5.74, 6) is -2.64. The molecule has 2 aromatic rings. The first-order chi connectivity index (χ1) is 12.5. The third-order valence-corrected chi connectivity index (χ3v) is 4.36. The largest absolute Gasteiger partial charge is 0.343 e. The van der Waals surface area contributed by atoms with Crippen LogP contribution in [0.2, 0.25) is 0 Å². The number of carbonyl (C=O) groups excluding carboxylic acids is 2. The van der Waals surface area contributed by atoms with Gasteiger partial charge in [-0.3, -0.25) is 9.59 Å². The van der Waals surface area contributed by atoms with Gasteiger partial charge in [0.15, 0.2) is 0 Å². The van der Waals surface area contributed by atoms with Crippen LogP contribution < -0.4 is 16.0 Å². The second kappa shape index (κ2) is 7.61. The summed E-state index contributed by atoms with van der Waals surface area (Å²) in [6.07, 6.45) is 0.593. The van der Waals surface area contributed by atoms with Crippen molar-refractivity contribution < 1.29 is 18.4 Å². The minimum atomic E-state index is -0.844. The molecule has 5 nitrogen and oxygen atoms in total. The van der Waals surface area contributed by atoms with Gasteiger partial charge in [-0.15, -0.1) is 0 Å². The van der Waals surface area contributed by atoms with Crippen molar-refractivity contribution >= 4 is 17.5 Å². The molecule has 2 aromatic carbocycles. The first kappa shape index (κ1) is 18.0. The summed E-state index contributed by atoms with van der Waals surface area (Å²) < 4.78 is 27.8. The number of para-hydroxylation sites is 1. The van der Waals surface area contributed by atoms with Crippen molar-refractivity contribution in [1.29, 1.82) is 0 Å². The topological polar surface area (TPSA) is 75.4 Å². The Morgan fingerprint density at radius 2 is 1.81 bits per heavy atom. The van der Waals surface area contributed by atoms with Gasteiger partial charge >= 0.3 is 0 Å². The van der Waals surface area contributed by atoms with Gasteiger partial charge in [0.1, 0.15) is 23.4 Å². The fourth-order valence-corrected chi connectivity index (χ4v) is 3.02. The molecule has 1 heterocycles. The summed E-state index contributed by atoms with van der Waals surface area (Å²) in [6.45, 7) is 0.121. The van der Waals surface area contributed by atoms with Crippen LogP contribution in [0.5, 0.6) is 0 Å². The van der Waals surface area contributed by atoms with Gasteiger partial charge in [-0.25, -0.2) is 8.78 Å². The molecule has 1 aliphatic heterocycles. The Kier molecular flexibility index (Phi) is 5.27. The molecule has 1 saturated heterocycles. The number of amides is 2. The van der Waals surface area contributed by atoms with E-state index in [9.17, 15) is 18.4 Å². The molecule has 1 fully saturated rings. The van der Waals surface area contributed by atoms with Crippen LogP contribution in [-0.4, -0.2) is 30.4 Å². The van der Waals surface area contributed by atoms with Crippen molar-refractivity contribution in [2.45, 2.75) is 24.9 Å². The minimum absolute atomic E-state index is 0.121. The van der Waals surface area contributed by atoms with Crippen LogP contribution in [0.1, 0.15) is 12.0 Å². The highest BCUT2D eigenvalue weighted by Gasteiger charge is 2.36. The lowest BCUT2D eigenvalue weighted by Gasteiger charge is -2.19. The fraction of sp³-hybridized carbons (Fsp3) is 0.263. The summed E-state index contributed by atoms with van der Waals surface area (Å²) >= 11 is 0. The van der Waals surface area contributed by atoms with E-state index in [4.69, 9.17) is 5.73 Å². The van der Waals surface area contributed by atoms with E-state index in [2.05, 4.69) is 5.32 Å². The highest BCUT2D eigenvalue weighted by molar-refractivity contribution is 6.01. The van der Waals surface area contributed by atoms with E-state index in [-0.39, 0.29) is 18.7 Å². The lowest BCUT2D eigenvalue weighted by atomic mass is 10.1. The van der Waals surface area contributed by atoms with E-state index in [0.717, 1.165) is 22.6 Å². The highest BCUT2D eigenvalue weighted by atomic mass is 19.1. The second-order valence-corrected chi connectivity index (χ2v) is 6.21. The minimum Gasteiger partial charge on any atom is -0.343 e. The number of nitrogens with zero attached hydrogens (tertiary/aromatic N) is 1. The van der Waals surface area contributed by atoms with Gasteiger partial charge < -0.3 is 16.0 Å². The number of nitrogens with two attached hydrogens (primary N) is 1. The van der Waals surface area contributed by atoms with E-state index < -0.39 is 35.5 Å². The zero-order chi connectivity index (χ0) is 18.7. The summed E-state index contributed by atoms with van der Waals surface area (Å²) in [5.41, 5.74) is 6.43. The zero-order valence-electron chi connectivity index (χ0n) is 14.0. The van der Waals surface area contributed by atoms with Crippen molar-refractivity contribution in [3.8, 4) is 0 Å². The van der Waals surface area contributed by atoms with Gasteiger partial charge in [0.05, 0.1) is 6.04 Å². The van der Waals surface area contributed by atoms with E-state index in [0.29, 0.717) is 6.42 Å². The van der Waals surface area contributed by atoms with Crippen LogP contribution in [0.3, 0.4) is 0 Å². The zero-order valence-corrected chi connectivity index (χ0v) is 14.0. The maximum Gasteiger partial charge on any atom is 0.249 e. The molecule has 1 aliphatic rings. The Labute approximate surface area is 149 Å². The van der Waals surface area contributed by atoms with Crippen molar-refractivity contribution in [2.24, 2.45) is 5.73 Å². The molecule has 1 unspecified atom stereocenters. The van der Waals surface area contributed by atoms with Crippen molar-refractivity contribution in [3.63, 3.8) is 0 Å². The Morgan fingerprint density at radius 3 is 2.46 bits per heavy atom. The molecule has 7 heteroatoms. The monoisotopic (exact) mass is 359 g/mol. The number of anilines is 1. The first-order valence-corrected chi connectivity index (χ1v) is 8.32. The molecule has 26 heavy (non-hydrogen) atoms. The predicted octanol–water partition coefficient (Wildman–Crippen LogP) is 1.76. The second-order valence-electron chi connectivity index (χ2n) is 6.21. The molecule has 2 atom stereocenters. The summed E-state index contributed by atoms with van der Waals surface area (Å²) in [7, 11) is 0. The molecule has 0 radical (unpaired) electrons. The van der Waals surface area contributed by atoms with Crippen LogP contribution in [0, 0.1) is 11.6 Å². The third kappa shape index (κ3) is 3.72. The molecule has 0 bridgehead atoms. The molecule has 3 rings (SSSR count). The van der Waals surface area contributed by atoms with E-state index in [1.807, 2.05) is 30.3 Å². The predicted molar refractivity (Wildman–Crippen MR) is 93.4 cm³/mol. The SMILES string of the molecule is N[C@@H](Cc1ccccc1)C(=O)NC1CCN(c2c(F)cccc2F)C1=O. The Morgan fingerprint density at radius 1 is 1.15 bits per heavy atom. The Hall–Kier alpha value is -2.80. The van der Waals surface area contributed by atoms with Crippen molar-refractivity contribution in [1.82, 2.24) is 5.32 Å². The number of hydrogen-bond acceptors (Lipinski definition) is 3. The van der Waals surface area contributed by atoms with Gasteiger partial charge in [0.25, 0.3) is 0 Å².